The second-order valence-corrected chi connectivity index (χ2v) is 5.25. The number of phenolic OH excluding ortho intramolecular Hbond substituents is 1. The number of benzene rings is 1. The molecule has 0 amide bonds. The second kappa shape index (κ2) is 3.79. The number of phenols is 1. The van der Waals surface area contributed by atoms with E-state index in [1.165, 1.54) is 13.0 Å². The Kier molecular flexibility index (Phi) is 3.01. The van der Waals surface area contributed by atoms with Gasteiger partial charge in [-0.15, -0.1) is 0 Å². The smallest absolute Gasteiger partial charge is 0.183 e. The number of aliphatic hydroxyl groups excluding tert-OH is 1. The van der Waals surface area contributed by atoms with E-state index in [4.69, 9.17) is 5.11 Å². The lowest BCUT2D eigenvalue weighted by Gasteiger charge is -2.10. The number of hydrogen-bond donors (Lipinski definition) is 2. The number of rotatable bonds is 2. The largest absolute Gasteiger partial charge is 0.505 e. The summed E-state index contributed by atoms with van der Waals surface area (Å²) >= 11 is 0. The van der Waals surface area contributed by atoms with Crippen LogP contribution in [0.5, 0.6) is 5.75 Å². The summed E-state index contributed by atoms with van der Waals surface area (Å²) in [7, 11) is -3.72. The summed E-state index contributed by atoms with van der Waals surface area (Å²) in [4.78, 5) is -0.579. The van der Waals surface area contributed by atoms with Gasteiger partial charge in [0.15, 0.2) is 21.4 Å². The zero-order valence-electron chi connectivity index (χ0n) is 8.23. The Morgan fingerprint density at radius 3 is 2.33 bits per heavy atom. The number of halogens is 1. The molecule has 0 spiro atoms. The maximum absolute atomic E-state index is 13.4. The molecule has 0 radical (unpaired) electrons. The molecule has 0 fully saturated rings. The molecule has 2 N–H and O–H groups in total. The first-order valence-corrected chi connectivity index (χ1v) is 6.03. The van der Waals surface area contributed by atoms with Gasteiger partial charge in [-0.25, -0.2) is 12.8 Å². The van der Waals surface area contributed by atoms with Crippen LogP contribution in [0.1, 0.15) is 18.6 Å². The number of sulfone groups is 1. The first-order valence-electron chi connectivity index (χ1n) is 4.14. The monoisotopic (exact) mass is 234 g/mol. The molecule has 0 aliphatic rings. The maximum Gasteiger partial charge on any atom is 0.183 e. The lowest BCUT2D eigenvalue weighted by molar-refractivity contribution is 0.193. The minimum absolute atomic E-state index is 0.0418. The molecule has 15 heavy (non-hydrogen) atoms. The highest BCUT2D eigenvalue weighted by molar-refractivity contribution is 7.90. The molecule has 6 heteroatoms. The van der Waals surface area contributed by atoms with Gasteiger partial charge in [-0.3, -0.25) is 0 Å². The summed E-state index contributed by atoms with van der Waals surface area (Å²) in [6, 6.07) is 2.20. The van der Waals surface area contributed by atoms with Crippen molar-refractivity contribution in [1.29, 1.82) is 0 Å². The van der Waals surface area contributed by atoms with Gasteiger partial charge in [-0.05, 0) is 13.0 Å². The zero-order chi connectivity index (χ0) is 11.8. The van der Waals surface area contributed by atoms with Crippen LogP contribution in [0.15, 0.2) is 17.0 Å². The molecule has 0 saturated carbocycles. The highest BCUT2D eigenvalue weighted by Gasteiger charge is 2.20. The lowest BCUT2D eigenvalue weighted by Crippen LogP contribution is -2.03. The van der Waals surface area contributed by atoms with E-state index in [0.717, 1.165) is 12.3 Å². The third-order valence-corrected chi connectivity index (χ3v) is 3.08. The molecule has 1 aromatic carbocycles. The van der Waals surface area contributed by atoms with Crippen molar-refractivity contribution in [2.45, 2.75) is 17.9 Å². The minimum atomic E-state index is -3.72. The van der Waals surface area contributed by atoms with E-state index in [1.54, 1.807) is 0 Å². The summed E-state index contributed by atoms with van der Waals surface area (Å²) in [6.07, 6.45) is -0.222. The van der Waals surface area contributed by atoms with Gasteiger partial charge in [0.25, 0.3) is 0 Å². The maximum atomic E-state index is 13.4. The van der Waals surface area contributed by atoms with Crippen molar-refractivity contribution >= 4 is 9.84 Å². The highest BCUT2D eigenvalue weighted by atomic mass is 32.2. The highest BCUT2D eigenvalue weighted by Crippen LogP contribution is 2.30. The Morgan fingerprint density at radius 1 is 1.40 bits per heavy atom. The normalized spacial score (nSPS) is 13.9. The van der Waals surface area contributed by atoms with Crippen molar-refractivity contribution in [3.8, 4) is 5.75 Å². The van der Waals surface area contributed by atoms with Crippen LogP contribution in [0, 0.1) is 5.82 Å². The second-order valence-electron chi connectivity index (χ2n) is 3.26. The van der Waals surface area contributed by atoms with E-state index >= 15 is 0 Å². The summed E-state index contributed by atoms with van der Waals surface area (Å²) in [5, 5.41) is 18.5. The van der Waals surface area contributed by atoms with Gasteiger partial charge in [0, 0.05) is 11.8 Å². The molecule has 0 bridgehead atoms. The molecule has 1 atom stereocenters. The van der Waals surface area contributed by atoms with E-state index in [2.05, 4.69) is 0 Å². The molecule has 0 aliphatic carbocycles. The van der Waals surface area contributed by atoms with Crippen LogP contribution in [0.25, 0.3) is 0 Å². The van der Waals surface area contributed by atoms with Gasteiger partial charge >= 0.3 is 0 Å². The van der Waals surface area contributed by atoms with Gasteiger partial charge < -0.3 is 10.2 Å². The lowest BCUT2D eigenvalue weighted by atomic mass is 10.1. The Labute approximate surface area is 86.9 Å². The predicted octanol–water partition coefficient (Wildman–Crippen LogP) is 0.988. The van der Waals surface area contributed by atoms with Gasteiger partial charge in [-0.2, -0.15) is 0 Å². The van der Waals surface area contributed by atoms with Crippen molar-refractivity contribution in [3.63, 3.8) is 0 Å². The Bertz CT molecular complexity index is 479. The minimum Gasteiger partial charge on any atom is -0.505 e. The number of aromatic hydroxyl groups is 1. The number of hydrogen-bond acceptors (Lipinski definition) is 4. The molecule has 4 nitrogen and oxygen atoms in total. The first kappa shape index (κ1) is 11.9. The molecule has 1 aromatic rings. The van der Waals surface area contributed by atoms with Crippen molar-refractivity contribution in [3.05, 3.63) is 23.5 Å². The van der Waals surface area contributed by atoms with Crippen LogP contribution < -0.4 is 0 Å². The van der Waals surface area contributed by atoms with E-state index < -0.39 is 32.4 Å². The van der Waals surface area contributed by atoms with Crippen LogP contribution in [0.3, 0.4) is 0 Å². The van der Waals surface area contributed by atoms with E-state index in [0.29, 0.717) is 0 Å². The fraction of sp³-hybridized carbons (Fsp3) is 0.333. The average Bonchev–Trinajstić information content (AvgIpc) is 2.06. The summed E-state index contributed by atoms with van der Waals surface area (Å²) in [5.41, 5.74) is -0.0418. The summed E-state index contributed by atoms with van der Waals surface area (Å²) in [6.45, 7) is 1.34. The third-order valence-electron chi connectivity index (χ3n) is 1.96. The quantitative estimate of drug-likeness (QED) is 0.800. The molecule has 1 rings (SSSR count). The van der Waals surface area contributed by atoms with Crippen LogP contribution in [-0.2, 0) is 9.84 Å². The molecule has 0 saturated heterocycles. The van der Waals surface area contributed by atoms with Crippen molar-refractivity contribution in [2.24, 2.45) is 0 Å². The van der Waals surface area contributed by atoms with Gasteiger partial charge in [-0.1, -0.05) is 6.07 Å². The number of aliphatic hydroxyl groups is 1. The van der Waals surface area contributed by atoms with Crippen LogP contribution in [0.4, 0.5) is 4.39 Å². The summed E-state index contributed by atoms with van der Waals surface area (Å²) in [5.74, 6) is -2.05. The van der Waals surface area contributed by atoms with Crippen LogP contribution in [0.2, 0.25) is 0 Å². The Hall–Kier alpha value is -1.14. The van der Waals surface area contributed by atoms with Crippen molar-refractivity contribution in [2.75, 3.05) is 6.26 Å². The fourth-order valence-electron chi connectivity index (χ4n) is 1.18. The van der Waals surface area contributed by atoms with E-state index in [9.17, 15) is 17.9 Å². The van der Waals surface area contributed by atoms with Gasteiger partial charge in [0.2, 0.25) is 0 Å². The SMILES string of the molecule is CC(O)c1ccc(S(C)(=O)=O)c(F)c1O. The van der Waals surface area contributed by atoms with Gasteiger partial charge in [0.05, 0.1) is 6.10 Å². The fourth-order valence-corrected chi connectivity index (χ4v) is 1.92. The van der Waals surface area contributed by atoms with Crippen molar-refractivity contribution in [1.82, 2.24) is 0 Å². The molecule has 1 unspecified atom stereocenters. The van der Waals surface area contributed by atoms with E-state index in [-0.39, 0.29) is 5.56 Å². The van der Waals surface area contributed by atoms with Crippen molar-refractivity contribution < 1.29 is 23.0 Å². The average molecular weight is 234 g/mol. The van der Waals surface area contributed by atoms with E-state index in [1.807, 2.05) is 0 Å². The molecular formula is C9H11FO4S. The molecule has 0 aliphatic heterocycles. The zero-order valence-corrected chi connectivity index (χ0v) is 9.05. The molecule has 0 heterocycles. The van der Waals surface area contributed by atoms with Crippen LogP contribution in [-0.4, -0.2) is 24.9 Å². The molecule has 0 aromatic heterocycles. The molecular weight excluding hydrogens is 223 g/mol. The topological polar surface area (TPSA) is 74.6 Å². The predicted molar refractivity (Wildman–Crippen MR) is 51.8 cm³/mol. The molecule has 84 valence electrons. The van der Waals surface area contributed by atoms with Crippen LogP contribution >= 0.6 is 0 Å². The standard InChI is InChI=1S/C9H11FO4S/c1-5(11)6-3-4-7(15(2,13)14)8(10)9(6)12/h3-5,11-12H,1-2H3. The Balaban J connectivity index is 3.48. The first-order chi connectivity index (χ1) is 6.75. The Morgan fingerprint density at radius 2 is 1.93 bits per heavy atom. The van der Waals surface area contributed by atoms with Gasteiger partial charge in [0.1, 0.15) is 4.90 Å². The third kappa shape index (κ3) is 2.27. The summed E-state index contributed by atoms with van der Waals surface area (Å²) < 4.78 is 35.5.